The van der Waals surface area contributed by atoms with Crippen molar-refractivity contribution in [2.45, 2.75) is 44.4 Å². The summed E-state index contributed by atoms with van der Waals surface area (Å²) in [6.07, 6.45) is 6.14. The van der Waals surface area contributed by atoms with E-state index in [2.05, 4.69) is 14.4 Å². The van der Waals surface area contributed by atoms with E-state index >= 15 is 0 Å². The summed E-state index contributed by atoms with van der Waals surface area (Å²) in [4.78, 5) is 26.7. The number of aromatic nitrogens is 4. The molecule has 2 N–H and O–H groups in total. The van der Waals surface area contributed by atoms with E-state index in [-0.39, 0.29) is 11.9 Å². The van der Waals surface area contributed by atoms with Crippen LogP contribution >= 0.6 is 0 Å². The summed E-state index contributed by atoms with van der Waals surface area (Å²) in [5, 5.41) is 10.3. The van der Waals surface area contributed by atoms with Crippen LogP contribution in [-0.2, 0) is 4.79 Å². The van der Waals surface area contributed by atoms with E-state index < -0.39 is 6.10 Å². The largest absolute Gasteiger partial charge is 0.490 e. The zero-order chi connectivity index (χ0) is 21.1. The number of aliphatic hydroxyl groups excluding tert-OH is 1. The highest BCUT2D eigenvalue weighted by molar-refractivity contribution is 5.84. The molecular weight excluding hydrogens is 394 g/mol. The van der Waals surface area contributed by atoms with Gasteiger partial charge in [0.05, 0.1) is 41.2 Å². The number of H-pyrrole nitrogens is 1. The predicted octanol–water partition coefficient (Wildman–Crippen LogP) is 3.07. The van der Waals surface area contributed by atoms with Crippen LogP contribution in [0.2, 0.25) is 0 Å². The molecule has 8 nitrogen and oxygen atoms in total. The molecular formula is C23H23N5O3. The number of carbonyl (C=O) groups is 1. The SMILES string of the molecule is CC(=O)N1CC(O)CC1c1nc(-c2ccc(OC3CC3)cc2)c2cnc3[nH]ccc3n12. The van der Waals surface area contributed by atoms with Crippen LogP contribution in [0.15, 0.2) is 42.7 Å². The van der Waals surface area contributed by atoms with Gasteiger partial charge in [0.15, 0.2) is 5.65 Å². The molecule has 1 aromatic carbocycles. The standard InChI is InChI=1S/C23H23N5O3/c1-13(29)27-12-15(30)10-19(27)23-26-21(14-2-4-16(5-3-14)31-17-6-7-17)20-11-25-22-18(28(20)23)8-9-24-22/h2-5,8-9,11,15,17,19,24,30H,6-7,10,12H2,1H3. The number of fused-ring (bicyclic) bond motifs is 3. The van der Waals surface area contributed by atoms with Crippen LogP contribution in [-0.4, -0.2) is 54.0 Å². The van der Waals surface area contributed by atoms with Gasteiger partial charge in [-0.1, -0.05) is 0 Å². The van der Waals surface area contributed by atoms with Crippen molar-refractivity contribution in [2.75, 3.05) is 6.54 Å². The number of likely N-dealkylation sites (tertiary alicyclic amines) is 1. The quantitative estimate of drug-likeness (QED) is 0.532. The lowest BCUT2D eigenvalue weighted by Crippen LogP contribution is -2.30. The van der Waals surface area contributed by atoms with E-state index in [1.165, 1.54) is 6.92 Å². The number of rotatable bonds is 4. The topological polar surface area (TPSA) is 95.8 Å². The number of aromatic amines is 1. The molecule has 1 aliphatic carbocycles. The molecule has 0 spiro atoms. The summed E-state index contributed by atoms with van der Waals surface area (Å²) in [6.45, 7) is 1.85. The Morgan fingerprint density at radius 2 is 2.00 bits per heavy atom. The predicted molar refractivity (Wildman–Crippen MR) is 115 cm³/mol. The Labute approximate surface area is 178 Å². The first-order chi connectivity index (χ1) is 15.1. The maximum Gasteiger partial charge on any atom is 0.220 e. The molecule has 158 valence electrons. The van der Waals surface area contributed by atoms with Crippen LogP contribution in [0.4, 0.5) is 0 Å². The molecule has 2 atom stereocenters. The third-order valence-electron chi connectivity index (χ3n) is 6.14. The van der Waals surface area contributed by atoms with Gasteiger partial charge >= 0.3 is 0 Å². The Morgan fingerprint density at radius 3 is 2.74 bits per heavy atom. The van der Waals surface area contributed by atoms with Gasteiger partial charge in [-0.3, -0.25) is 9.20 Å². The van der Waals surface area contributed by atoms with Crippen molar-refractivity contribution in [3.05, 3.63) is 48.5 Å². The Kier molecular flexibility index (Phi) is 4.04. The number of amides is 1. The average molecular weight is 417 g/mol. The van der Waals surface area contributed by atoms with Crippen molar-refractivity contribution >= 4 is 22.6 Å². The molecule has 1 saturated heterocycles. The van der Waals surface area contributed by atoms with Gasteiger partial charge in [0.2, 0.25) is 5.91 Å². The number of hydrogen-bond acceptors (Lipinski definition) is 5. The maximum absolute atomic E-state index is 12.3. The van der Waals surface area contributed by atoms with Gasteiger partial charge in [0.1, 0.15) is 11.6 Å². The van der Waals surface area contributed by atoms with Crippen LogP contribution in [0.1, 0.15) is 38.1 Å². The first kappa shape index (κ1) is 18.4. The first-order valence-electron chi connectivity index (χ1n) is 10.7. The molecule has 1 aliphatic heterocycles. The zero-order valence-corrected chi connectivity index (χ0v) is 17.2. The Hall–Kier alpha value is -3.39. The summed E-state index contributed by atoms with van der Waals surface area (Å²) in [6, 6.07) is 9.63. The van der Waals surface area contributed by atoms with Crippen LogP contribution in [0, 0.1) is 0 Å². The van der Waals surface area contributed by atoms with Crippen molar-refractivity contribution in [3.63, 3.8) is 0 Å². The van der Waals surface area contributed by atoms with E-state index in [9.17, 15) is 9.90 Å². The second kappa shape index (κ2) is 6.81. The second-order valence-electron chi connectivity index (χ2n) is 8.43. The average Bonchev–Trinajstić information content (AvgIpc) is 3.15. The normalized spacial score (nSPS) is 21.3. The molecule has 31 heavy (non-hydrogen) atoms. The highest BCUT2D eigenvalue weighted by Gasteiger charge is 2.37. The third kappa shape index (κ3) is 3.06. The molecule has 1 saturated carbocycles. The minimum absolute atomic E-state index is 0.0687. The molecule has 4 aromatic rings. The summed E-state index contributed by atoms with van der Waals surface area (Å²) >= 11 is 0. The van der Waals surface area contributed by atoms with Gasteiger partial charge in [-0.2, -0.15) is 0 Å². The van der Waals surface area contributed by atoms with Crippen molar-refractivity contribution < 1.29 is 14.6 Å². The highest BCUT2D eigenvalue weighted by atomic mass is 16.5. The van der Waals surface area contributed by atoms with Crippen LogP contribution in [0.3, 0.4) is 0 Å². The summed E-state index contributed by atoms with van der Waals surface area (Å²) in [5.41, 5.74) is 4.26. The van der Waals surface area contributed by atoms with Gasteiger partial charge < -0.3 is 19.7 Å². The van der Waals surface area contributed by atoms with Crippen molar-refractivity contribution in [3.8, 4) is 17.0 Å². The van der Waals surface area contributed by atoms with Gasteiger partial charge in [-0.25, -0.2) is 9.97 Å². The van der Waals surface area contributed by atoms with Gasteiger partial charge in [-0.05, 0) is 43.2 Å². The Balaban J connectivity index is 1.52. The zero-order valence-electron chi connectivity index (χ0n) is 17.2. The van der Waals surface area contributed by atoms with E-state index in [0.717, 1.165) is 52.4 Å². The number of nitrogens with zero attached hydrogens (tertiary/aromatic N) is 4. The number of aliphatic hydroxyl groups is 1. The maximum atomic E-state index is 12.3. The van der Waals surface area contributed by atoms with Gasteiger partial charge in [-0.15, -0.1) is 0 Å². The van der Waals surface area contributed by atoms with E-state index in [1.807, 2.05) is 42.7 Å². The Bertz CT molecular complexity index is 1290. The van der Waals surface area contributed by atoms with Crippen molar-refractivity contribution in [2.24, 2.45) is 0 Å². The lowest BCUT2D eigenvalue weighted by Gasteiger charge is -2.22. The van der Waals surface area contributed by atoms with Crippen LogP contribution in [0.25, 0.3) is 27.9 Å². The number of benzene rings is 1. The minimum Gasteiger partial charge on any atom is -0.490 e. The number of imidazole rings is 1. The number of β-amino-alcohol motifs (C(OH)–C–C–N with tert-alkyl or cyclic N) is 1. The van der Waals surface area contributed by atoms with Crippen molar-refractivity contribution in [1.29, 1.82) is 0 Å². The number of nitrogens with one attached hydrogen (secondary N) is 1. The smallest absolute Gasteiger partial charge is 0.220 e. The number of carbonyl (C=O) groups excluding carboxylic acids is 1. The molecule has 0 radical (unpaired) electrons. The molecule has 3 aromatic heterocycles. The molecule has 2 aliphatic rings. The molecule has 6 rings (SSSR count). The van der Waals surface area contributed by atoms with Gasteiger partial charge in [0, 0.05) is 31.6 Å². The molecule has 2 unspecified atom stereocenters. The van der Waals surface area contributed by atoms with E-state index in [4.69, 9.17) is 9.72 Å². The summed E-state index contributed by atoms with van der Waals surface area (Å²) in [5.74, 6) is 1.53. The molecule has 4 heterocycles. The van der Waals surface area contributed by atoms with E-state index in [1.54, 1.807) is 4.90 Å². The van der Waals surface area contributed by atoms with Crippen LogP contribution < -0.4 is 4.74 Å². The fourth-order valence-corrected chi connectivity index (χ4v) is 4.50. The second-order valence-corrected chi connectivity index (χ2v) is 8.43. The summed E-state index contributed by atoms with van der Waals surface area (Å²) in [7, 11) is 0. The third-order valence-corrected chi connectivity index (χ3v) is 6.14. The molecule has 1 amide bonds. The molecule has 0 bridgehead atoms. The minimum atomic E-state index is -0.563. The number of ether oxygens (including phenoxy) is 1. The molecule has 8 heteroatoms. The fraction of sp³-hybridized carbons (Fsp3) is 0.348. The Morgan fingerprint density at radius 1 is 1.19 bits per heavy atom. The monoisotopic (exact) mass is 417 g/mol. The summed E-state index contributed by atoms with van der Waals surface area (Å²) < 4.78 is 7.93. The lowest BCUT2D eigenvalue weighted by atomic mass is 10.1. The highest BCUT2D eigenvalue weighted by Crippen LogP contribution is 2.37. The number of hydrogen-bond donors (Lipinski definition) is 2. The fourth-order valence-electron chi connectivity index (χ4n) is 4.50. The lowest BCUT2D eigenvalue weighted by molar-refractivity contribution is -0.130. The van der Waals surface area contributed by atoms with Crippen molar-refractivity contribution in [1.82, 2.24) is 24.3 Å². The van der Waals surface area contributed by atoms with Crippen LogP contribution in [0.5, 0.6) is 5.75 Å². The first-order valence-corrected chi connectivity index (χ1v) is 10.7. The van der Waals surface area contributed by atoms with Gasteiger partial charge in [0.25, 0.3) is 0 Å². The molecule has 2 fully saturated rings. The van der Waals surface area contributed by atoms with E-state index in [0.29, 0.717) is 19.1 Å².